The zero-order valence-electron chi connectivity index (χ0n) is 4.53. The Kier molecular flexibility index (Phi) is 6.44. The molecule has 0 spiro atoms. The van der Waals surface area contributed by atoms with E-state index < -0.39 is 0 Å². The molecule has 0 nitrogen and oxygen atoms in total. The topological polar surface area (TPSA) is 0 Å². The summed E-state index contributed by atoms with van der Waals surface area (Å²) in [5.74, 6) is 0. The third-order valence-corrected chi connectivity index (χ3v) is 4.29. The number of hydrogen-bond donors (Lipinski definition) is 0. The molecule has 38 valence electrons. The molecular weight excluding hydrogens is 155 g/mol. The molecule has 0 aromatic carbocycles. The second-order valence-electron chi connectivity index (χ2n) is 1.35. The molecule has 6 heavy (non-hydrogen) atoms. The van der Waals surface area contributed by atoms with Crippen molar-refractivity contribution in [1.29, 1.82) is 0 Å². The van der Waals surface area contributed by atoms with Gasteiger partial charge in [-0.15, -0.1) is 0 Å². The quantitative estimate of drug-likeness (QED) is 0.416. The standard InChI is InChI=1S/C4H12SeSi/c1-2-3-4-5-6/h2-4H2,1,6H3. The molecule has 0 N–H and O–H groups in total. The molecule has 0 saturated heterocycles. The van der Waals surface area contributed by atoms with Crippen molar-refractivity contribution in [1.82, 2.24) is 0 Å². The summed E-state index contributed by atoms with van der Waals surface area (Å²) in [5, 5.41) is 1.54. The van der Waals surface area contributed by atoms with Gasteiger partial charge in [-0.1, -0.05) is 0 Å². The van der Waals surface area contributed by atoms with Gasteiger partial charge < -0.3 is 0 Å². The van der Waals surface area contributed by atoms with E-state index >= 15 is 0 Å². The molecule has 0 rings (SSSR count). The van der Waals surface area contributed by atoms with Crippen molar-refractivity contribution in [2.75, 3.05) is 0 Å². The van der Waals surface area contributed by atoms with Gasteiger partial charge in [0, 0.05) is 0 Å². The summed E-state index contributed by atoms with van der Waals surface area (Å²) in [4.78, 5) is 0. The van der Waals surface area contributed by atoms with Crippen molar-refractivity contribution in [3.05, 3.63) is 0 Å². The second kappa shape index (κ2) is 5.74. The van der Waals surface area contributed by atoms with Crippen LogP contribution in [-0.4, -0.2) is 23.2 Å². The van der Waals surface area contributed by atoms with Gasteiger partial charge in [-0.05, 0) is 0 Å². The first kappa shape index (κ1) is 6.74. The average molecular weight is 167 g/mol. The number of rotatable bonds is 3. The molecule has 2 heteroatoms. The van der Waals surface area contributed by atoms with Crippen LogP contribution in [0.2, 0.25) is 5.32 Å². The molecule has 0 atom stereocenters. The Bertz CT molecular complexity index is 19.5. The normalized spacial score (nSPS) is 9.50. The zero-order valence-corrected chi connectivity index (χ0v) is 8.24. The minimum absolute atomic E-state index is 1.07. The molecular formula is C4H12SeSi. The molecule has 0 aliphatic heterocycles. The third kappa shape index (κ3) is 4.74. The molecule has 0 aliphatic carbocycles. The van der Waals surface area contributed by atoms with Crippen molar-refractivity contribution >= 4 is 23.2 Å². The van der Waals surface area contributed by atoms with Crippen LogP contribution in [0.5, 0.6) is 0 Å². The molecule has 0 aromatic rings. The van der Waals surface area contributed by atoms with Gasteiger partial charge in [0.15, 0.2) is 0 Å². The van der Waals surface area contributed by atoms with Crippen LogP contribution in [0.1, 0.15) is 19.8 Å². The van der Waals surface area contributed by atoms with Gasteiger partial charge in [-0.25, -0.2) is 0 Å². The maximum absolute atomic E-state index is 2.26. The first-order chi connectivity index (χ1) is 2.91. The molecule has 0 fully saturated rings. The van der Waals surface area contributed by atoms with Crippen LogP contribution < -0.4 is 0 Å². The molecule has 0 aromatic heterocycles. The van der Waals surface area contributed by atoms with Gasteiger partial charge in [-0.3, -0.25) is 0 Å². The zero-order chi connectivity index (χ0) is 4.83. The van der Waals surface area contributed by atoms with Crippen molar-refractivity contribution in [3.8, 4) is 0 Å². The molecule has 0 radical (unpaired) electrons. The van der Waals surface area contributed by atoms with E-state index in [4.69, 9.17) is 0 Å². The minimum atomic E-state index is 1.07. The maximum atomic E-state index is 2.26. The van der Waals surface area contributed by atoms with Crippen LogP contribution in [0.3, 0.4) is 0 Å². The Morgan fingerprint density at radius 2 is 2.33 bits per heavy atom. The third-order valence-electron chi connectivity index (χ3n) is 0.702. The van der Waals surface area contributed by atoms with Gasteiger partial charge in [-0.2, -0.15) is 0 Å². The molecule has 0 unspecified atom stereocenters. The van der Waals surface area contributed by atoms with E-state index in [1.165, 1.54) is 27.0 Å². The van der Waals surface area contributed by atoms with Gasteiger partial charge in [0.2, 0.25) is 0 Å². The van der Waals surface area contributed by atoms with E-state index in [9.17, 15) is 0 Å². The summed E-state index contributed by atoms with van der Waals surface area (Å²) in [6.07, 6.45) is 2.87. The fraction of sp³-hybridized carbons (Fsp3) is 1.00. The Morgan fingerprint density at radius 3 is 2.50 bits per heavy atom. The van der Waals surface area contributed by atoms with E-state index in [2.05, 4.69) is 6.92 Å². The predicted octanol–water partition coefficient (Wildman–Crippen LogP) is 0.189. The van der Waals surface area contributed by atoms with Crippen LogP contribution in [0, 0.1) is 0 Å². The van der Waals surface area contributed by atoms with Gasteiger partial charge in [0.25, 0.3) is 0 Å². The molecule has 0 saturated carbocycles. The van der Waals surface area contributed by atoms with Crippen molar-refractivity contribution in [2.45, 2.75) is 25.1 Å². The molecule has 0 aliphatic rings. The summed E-state index contributed by atoms with van der Waals surface area (Å²) in [7, 11) is 1.47. The summed E-state index contributed by atoms with van der Waals surface area (Å²) < 4.78 is 0. The average Bonchev–Trinajstić information content (AvgIpc) is 1.61. The molecule has 0 heterocycles. The van der Waals surface area contributed by atoms with Crippen molar-refractivity contribution < 1.29 is 0 Å². The number of unbranched alkanes of at least 4 members (excludes halogenated alkanes) is 1. The predicted molar refractivity (Wildman–Crippen MR) is 35.4 cm³/mol. The van der Waals surface area contributed by atoms with E-state index in [1.807, 2.05) is 0 Å². The summed E-state index contributed by atoms with van der Waals surface area (Å²) in [6.45, 7) is 2.26. The van der Waals surface area contributed by atoms with E-state index in [0.717, 1.165) is 14.3 Å². The second-order valence-corrected chi connectivity index (χ2v) is 6.41. The van der Waals surface area contributed by atoms with Gasteiger partial charge in [0.05, 0.1) is 0 Å². The Hall–Kier alpha value is 0.736. The van der Waals surface area contributed by atoms with E-state index in [1.54, 1.807) is 0 Å². The molecule has 0 amide bonds. The first-order valence-electron chi connectivity index (χ1n) is 2.40. The molecule has 0 bridgehead atoms. The summed E-state index contributed by atoms with van der Waals surface area (Å²) >= 11 is 1.07. The Balaban J connectivity index is 2.34. The summed E-state index contributed by atoms with van der Waals surface area (Å²) in [6, 6.07) is 0. The van der Waals surface area contributed by atoms with E-state index in [-0.39, 0.29) is 0 Å². The van der Waals surface area contributed by atoms with Crippen LogP contribution in [0.4, 0.5) is 0 Å². The number of hydrogen-bond acceptors (Lipinski definition) is 0. The monoisotopic (exact) mass is 168 g/mol. The first-order valence-corrected chi connectivity index (χ1v) is 9.57. The van der Waals surface area contributed by atoms with E-state index in [0.29, 0.717) is 0 Å². The Labute approximate surface area is 48.7 Å². The Morgan fingerprint density at radius 1 is 1.67 bits per heavy atom. The fourth-order valence-corrected chi connectivity index (χ4v) is 3.00. The summed E-state index contributed by atoms with van der Waals surface area (Å²) in [5.41, 5.74) is 0. The van der Waals surface area contributed by atoms with Crippen LogP contribution in [-0.2, 0) is 0 Å². The van der Waals surface area contributed by atoms with Crippen molar-refractivity contribution in [2.24, 2.45) is 0 Å². The van der Waals surface area contributed by atoms with Gasteiger partial charge >= 0.3 is 48.3 Å². The SMILES string of the molecule is CCCC[Se][SiH3]. The van der Waals surface area contributed by atoms with Crippen LogP contribution >= 0.6 is 0 Å². The van der Waals surface area contributed by atoms with Crippen LogP contribution in [0.15, 0.2) is 0 Å². The fourth-order valence-electron chi connectivity index (χ4n) is 0.289. The van der Waals surface area contributed by atoms with Crippen molar-refractivity contribution in [3.63, 3.8) is 0 Å². The van der Waals surface area contributed by atoms with Crippen LogP contribution in [0.25, 0.3) is 0 Å². The van der Waals surface area contributed by atoms with Gasteiger partial charge in [0.1, 0.15) is 0 Å².